The van der Waals surface area contributed by atoms with Crippen LogP contribution in [-0.4, -0.2) is 4.98 Å². The summed E-state index contributed by atoms with van der Waals surface area (Å²) in [6.07, 6.45) is 2.35. The highest BCUT2D eigenvalue weighted by molar-refractivity contribution is 5.27. The third-order valence-corrected chi connectivity index (χ3v) is 2.65. The van der Waals surface area contributed by atoms with Gasteiger partial charge in [-0.1, -0.05) is 12.1 Å². The smallest absolute Gasteiger partial charge is 0.123 e. The summed E-state index contributed by atoms with van der Waals surface area (Å²) in [4.78, 5) is 4.22. The average Bonchev–Trinajstić information content (AvgIpc) is 2.29. The van der Waals surface area contributed by atoms with Crippen LogP contribution in [0.2, 0.25) is 0 Å². The minimum absolute atomic E-state index is 0.223. The molecule has 2 aromatic rings. The largest absolute Gasteiger partial charge is 0.324 e. The van der Waals surface area contributed by atoms with Gasteiger partial charge in [-0.3, -0.25) is 4.98 Å². The molecule has 88 valence electrons. The number of aromatic nitrogens is 1. The normalized spacial score (nSPS) is 12.4. The zero-order chi connectivity index (χ0) is 12.3. The van der Waals surface area contributed by atoms with Crippen LogP contribution in [0.25, 0.3) is 0 Å². The molecule has 0 aliphatic heterocycles. The van der Waals surface area contributed by atoms with Crippen molar-refractivity contribution in [2.24, 2.45) is 5.73 Å². The maximum atomic E-state index is 13.3. The molecule has 17 heavy (non-hydrogen) atoms. The Morgan fingerprint density at radius 3 is 2.76 bits per heavy atom. The Morgan fingerprint density at radius 1 is 1.29 bits per heavy atom. The standard InChI is InChI=1S/C14H15FN2/c1-10-6-11(8-12(15)7-10)14(16)9-13-4-2-3-5-17-13/h2-8,14H,9,16H2,1H3. The molecule has 2 nitrogen and oxygen atoms in total. The van der Waals surface area contributed by atoms with E-state index in [9.17, 15) is 4.39 Å². The molecule has 1 aromatic carbocycles. The SMILES string of the molecule is Cc1cc(F)cc(C(N)Cc2ccccn2)c1. The first kappa shape index (κ1) is 11.7. The minimum atomic E-state index is -0.239. The third-order valence-electron chi connectivity index (χ3n) is 2.65. The Morgan fingerprint density at radius 2 is 2.12 bits per heavy atom. The topological polar surface area (TPSA) is 38.9 Å². The fraction of sp³-hybridized carbons (Fsp3) is 0.214. The summed E-state index contributed by atoms with van der Waals surface area (Å²) in [6, 6.07) is 10.4. The first-order valence-electron chi connectivity index (χ1n) is 5.58. The third kappa shape index (κ3) is 3.11. The van der Waals surface area contributed by atoms with Crippen molar-refractivity contribution < 1.29 is 4.39 Å². The minimum Gasteiger partial charge on any atom is -0.324 e. The van der Waals surface area contributed by atoms with Gasteiger partial charge in [-0.2, -0.15) is 0 Å². The van der Waals surface area contributed by atoms with Gasteiger partial charge in [-0.05, 0) is 42.3 Å². The summed E-state index contributed by atoms with van der Waals surface area (Å²) < 4.78 is 13.3. The number of hydrogen-bond acceptors (Lipinski definition) is 2. The summed E-state index contributed by atoms with van der Waals surface area (Å²) in [5.41, 5.74) is 8.68. The van der Waals surface area contributed by atoms with Gasteiger partial charge in [0, 0.05) is 24.4 Å². The lowest BCUT2D eigenvalue weighted by atomic mass is 10.0. The highest BCUT2D eigenvalue weighted by atomic mass is 19.1. The van der Waals surface area contributed by atoms with Crippen molar-refractivity contribution in [3.63, 3.8) is 0 Å². The molecule has 1 aromatic heterocycles. The average molecular weight is 230 g/mol. The molecule has 2 N–H and O–H groups in total. The van der Waals surface area contributed by atoms with Crippen LogP contribution < -0.4 is 5.73 Å². The molecule has 0 fully saturated rings. The molecule has 0 amide bonds. The highest BCUT2D eigenvalue weighted by Gasteiger charge is 2.09. The van der Waals surface area contributed by atoms with E-state index < -0.39 is 0 Å². The lowest BCUT2D eigenvalue weighted by Gasteiger charge is -2.12. The Kier molecular flexibility index (Phi) is 3.49. The highest BCUT2D eigenvalue weighted by Crippen LogP contribution is 2.17. The van der Waals surface area contributed by atoms with Crippen molar-refractivity contribution in [2.75, 3.05) is 0 Å². The van der Waals surface area contributed by atoms with E-state index in [1.165, 1.54) is 12.1 Å². The molecule has 1 heterocycles. The van der Waals surface area contributed by atoms with Crippen molar-refractivity contribution in [1.29, 1.82) is 0 Å². The molecule has 0 aliphatic carbocycles. The van der Waals surface area contributed by atoms with Gasteiger partial charge in [0.15, 0.2) is 0 Å². The molecule has 0 bridgehead atoms. The summed E-state index contributed by atoms with van der Waals surface area (Å²) in [7, 11) is 0. The van der Waals surface area contributed by atoms with Crippen LogP contribution in [0.3, 0.4) is 0 Å². The molecular weight excluding hydrogens is 215 g/mol. The number of benzene rings is 1. The van der Waals surface area contributed by atoms with Crippen molar-refractivity contribution in [2.45, 2.75) is 19.4 Å². The molecule has 2 rings (SSSR count). The molecule has 0 saturated carbocycles. The van der Waals surface area contributed by atoms with Crippen molar-refractivity contribution >= 4 is 0 Å². The van der Waals surface area contributed by atoms with Crippen LogP contribution in [0.5, 0.6) is 0 Å². The first-order chi connectivity index (χ1) is 8.15. The number of aryl methyl sites for hydroxylation is 1. The summed E-state index contributed by atoms with van der Waals surface area (Å²) in [5, 5.41) is 0. The van der Waals surface area contributed by atoms with Crippen molar-refractivity contribution in [3.8, 4) is 0 Å². The van der Waals surface area contributed by atoms with E-state index in [1.807, 2.05) is 31.2 Å². The molecule has 1 atom stereocenters. The van der Waals surface area contributed by atoms with E-state index in [-0.39, 0.29) is 11.9 Å². The van der Waals surface area contributed by atoms with Gasteiger partial charge in [0.05, 0.1) is 0 Å². The van der Waals surface area contributed by atoms with Crippen LogP contribution in [0.15, 0.2) is 42.6 Å². The van der Waals surface area contributed by atoms with E-state index >= 15 is 0 Å². The predicted molar refractivity (Wildman–Crippen MR) is 66.0 cm³/mol. The monoisotopic (exact) mass is 230 g/mol. The quantitative estimate of drug-likeness (QED) is 0.880. The van der Waals surface area contributed by atoms with Gasteiger partial charge in [-0.15, -0.1) is 0 Å². The van der Waals surface area contributed by atoms with Crippen LogP contribution >= 0.6 is 0 Å². The maximum Gasteiger partial charge on any atom is 0.123 e. The van der Waals surface area contributed by atoms with Crippen LogP contribution in [0.4, 0.5) is 4.39 Å². The van der Waals surface area contributed by atoms with Gasteiger partial charge in [0.1, 0.15) is 5.82 Å². The predicted octanol–water partition coefficient (Wildman–Crippen LogP) is 2.77. The Balaban J connectivity index is 2.17. The number of halogens is 1. The fourth-order valence-corrected chi connectivity index (χ4v) is 1.84. The van der Waals surface area contributed by atoms with Crippen molar-refractivity contribution in [3.05, 3.63) is 65.2 Å². The lowest BCUT2D eigenvalue weighted by molar-refractivity contribution is 0.616. The summed E-state index contributed by atoms with van der Waals surface area (Å²) in [5.74, 6) is -0.239. The lowest BCUT2D eigenvalue weighted by Crippen LogP contribution is -2.14. The van der Waals surface area contributed by atoms with E-state index in [0.717, 1.165) is 16.8 Å². The van der Waals surface area contributed by atoms with Gasteiger partial charge in [0.25, 0.3) is 0 Å². The number of nitrogens with two attached hydrogens (primary N) is 1. The molecule has 0 aliphatic rings. The number of rotatable bonds is 3. The van der Waals surface area contributed by atoms with E-state index in [1.54, 1.807) is 6.20 Å². The molecular formula is C14H15FN2. The fourth-order valence-electron chi connectivity index (χ4n) is 1.84. The first-order valence-corrected chi connectivity index (χ1v) is 5.58. The molecule has 0 spiro atoms. The Bertz CT molecular complexity index is 477. The molecule has 3 heteroatoms. The van der Waals surface area contributed by atoms with Gasteiger partial charge in [0.2, 0.25) is 0 Å². The molecule has 0 saturated heterocycles. The van der Waals surface area contributed by atoms with E-state index in [4.69, 9.17) is 5.73 Å². The Labute approximate surface area is 100 Å². The number of pyridine rings is 1. The molecule has 1 unspecified atom stereocenters. The van der Waals surface area contributed by atoms with Gasteiger partial charge < -0.3 is 5.73 Å². The maximum absolute atomic E-state index is 13.3. The number of nitrogens with zero attached hydrogens (tertiary/aromatic N) is 1. The summed E-state index contributed by atoms with van der Waals surface area (Å²) in [6.45, 7) is 1.86. The van der Waals surface area contributed by atoms with E-state index in [0.29, 0.717) is 6.42 Å². The molecule has 0 radical (unpaired) electrons. The second kappa shape index (κ2) is 5.06. The zero-order valence-electron chi connectivity index (χ0n) is 9.73. The Hall–Kier alpha value is -1.74. The van der Waals surface area contributed by atoms with Crippen LogP contribution in [0.1, 0.15) is 22.9 Å². The zero-order valence-corrected chi connectivity index (χ0v) is 9.73. The van der Waals surface area contributed by atoms with Crippen LogP contribution in [0, 0.1) is 12.7 Å². The second-order valence-electron chi connectivity index (χ2n) is 4.19. The van der Waals surface area contributed by atoms with Gasteiger partial charge >= 0.3 is 0 Å². The number of hydrogen-bond donors (Lipinski definition) is 1. The van der Waals surface area contributed by atoms with Gasteiger partial charge in [-0.25, -0.2) is 4.39 Å². The van der Waals surface area contributed by atoms with Crippen LogP contribution in [-0.2, 0) is 6.42 Å². The summed E-state index contributed by atoms with van der Waals surface area (Å²) >= 11 is 0. The second-order valence-corrected chi connectivity index (χ2v) is 4.19. The van der Waals surface area contributed by atoms with E-state index in [2.05, 4.69) is 4.98 Å². The van der Waals surface area contributed by atoms with Crippen molar-refractivity contribution in [1.82, 2.24) is 4.98 Å².